The van der Waals surface area contributed by atoms with Crippen LogP contribution in [0.2, 0.25) is 0 Å². The van der Waals surface area contributed by atoms with Gasteiger partial charge >= 0.3 is 0 Å². The zero-order chi connectivity index (χ0) is 11.3. The first-order chi connectivity index (χ1) is 7.13. The van der Waals surface area contributed by atoms with Crippen LogP contribution in [-0.2, 0) is 4.79 Å². The molecule has 1 rings (SSSR count). The summed E-state index contributed by atoms with van der Waals surface area (Å²) in [4.78, 5) is 10.8. The lowest BCUT2D eigenvalue weighted by Crippen LogP contribution is -2.29. The fourth-order valence-corrected chi connectivity index (χ4v) is 1.44. The second-order valence-corrected chi connectivity index (χ2v) is 3.78. The van der Waals surface area contributed by atoms with E-state index in [1.165, 1.54) is 18.1 Å². The minimum atomic E-state index is -0.0134. The van der Waals surface area contributed by atoms with Crippen LogP contribution >= 0.6 is 0 Å². The normalized spacial score (nSPS) is 12.2. The molecule has 0 aliphatic carbocycles. The van der Waals surface area contributed by atoms with Crippen LogP contribution in [0.1, 0.15) is 24.0 Å². The molecule has 1 aromatic rings. The maximum Gasteiger partial charge on any atom is 0.216 e. The molecule has 82 valence electrons. The summed E-state index contributed by atoms with van der Waals surface area (Å²) in [6.45, 7) is 4.72. The van der Waals surface area contributed by atoms with Crippen molar-refractivity contribution >= 4 is 5.91 Å². The lowest BCUT2D eigenvalue weighted by Gasteiger charge is -2.15. The first-order valence-corrected chi connectivity index (χ1v) is 5.14. The summed E-state index contributed by atoms with van der Waals surface area (Å²) in [6.07, 6.45) is 0. The van der Waals surface area contributed by atoms with Crippen LogP contribution in [0.5, 0.6) is 0 Å². The van der Waals surface area contributed by atoms with E-state index in [9.17, 15) is 4.79 Å². The van der Waals surface area contributed by atoms with Gasteiger partial charge in [-0.15, -0.1) is 0 Å². The topological polar surface area (TPSA) is 55.1 Å². The van der Waals surface area contributed by atoms with Crippen molar-refractivity contribution in [2.24, 2.45) is 5.73 Å². The molecule has 1 unspecified atom stereocenters. The van der Waals surface area contributed by atoms with Crippen LogP contribution in [0.25, 0.3) is 0 Å². The number of aryl methyl sites for hydroxylation is 1. The van der Waals surface area contributed by atoms with Crippen molar-refractivity contribution in [2.75, 3.05) is 13.1 Å². The maximum absolute atomic E-state index is 10.8. The third kappa shape index (κ3) is 3.72. The SMILES string of the molecule is CC(=O)NCC(CN)c1ccc(C)cc1. The highest BCUT2D eigenvalue weighted by Crippen LogP contribution is 2.14. The van der Waals surface area contributed by atoms with Crippen LogP contribution < -0.4 is 11.1 Å². The van der Waals surface area contributed by atoms with Gasteiger partial charge in [0, 0.05) is 25.9 Å². The van der Waals surface area contributed by atoms with Gasteiger partial charge in [-0.1, -0.05) is 29.8 Å². The summed E-state index contributed by atoms with van der Waals surface area (Å²) in [5, 5.41) is 2.79. The Labute approximate surface area is 90.7 Å². The van der Waals surface area contributed by atoms with Crippen molar-refractivity contribution in [3.8, 4) is 0 Å². The Morgan fingerprint density at radius 2 is 2.00 bits per heavy atom. The summed E-state index contributed by atoms with van der Waals surface area (Å²) < 4.78 is 0. The number of amides is 1. The van der Waals surface area contributed by atoms with E-state index in [2.05, 4.69) is 36.5 Å². The zero-order valence-electron chi connectivity index (χ0n) is 9.29. The molecule has 0 bridgehead atoms. The maximum atomic E-state index is 10.8. The molecular weight excluding hydrogens is 188 g/mol. The zero-order valence-corrected chi connectivity index (χ0v) is 9.29. The molecule has 1 atom stereocenters. The Hall–Kier alpha value is -1.35. The van der Waals surface area contributed by atoms with Crippen molar-refractivity contribution < 1.29 is 4.79 Å². The van der Waals surface area contributed by atoms with Gasteiger partial charge in [-0.3, -0.25) is 4.79 Å². The standard InChI is InChI=1S/C12H18N2O/c1-9-3-5-11(6-4-9)12(7-13)8-14-10(2)15/h3-6,12H,7-8,13H2,1-2H3,(H,14,15). The number of rotatable bonds is 4. The fraction of sp³-hybridized carbons (Fsp3) is 0.417. The van der Waals surface area contributed by atoms with Crippen LogP contribution in [0, 0.1) is 6.92 Å². The van der Waals surface area contributed by atoms with Gasteiger partial charge in [-0.2, -0.15) is 0 Å². The molecule has 1 amide bonds. The summed E-state index contributed by atoms with van der Waals surface area (Å²) in [6, 6.07) is 8.25. The number of carbonyl (C=O) groups is 1. The molecule has 0 spiro atoms. The second-order valence-electron chi connectivity index (χ2n) is 3.78. The molecule has 0 saturated heterocycles. The number of nitrogens with two attached hydrogens (primary N) is 1. The highest BCUT2D eigenvalue weighted by molar-refractivity contribution is 5.72. The van der Waals surface area contributed by atoms with E-state index in [1.54, 1.807) is 0 Å². The molecule has 3 N–H and O–H groups in total. The minimum Gasteiger partial charge on any atom is -0.356 e. The van der Waals surface area contributed by atoms with Crippen LogP contribution in [0.15, 0.2) is 24.3 Å². The number of hydrogen-bond acceptors (Lipinski definition) is 2. The Bertz CT molecular complexity index is 319. The Morgan fingerprint density at radius 3 is 2.47 bits per heavy atom. The Morgan fingerprint density at radius 1 is 1.40 bits per heavy atom. The van der Waals surface area contributed by atoms with Crippen molar-refractivity contribution in [1.29, 1.82) is 0 Å². The first kappa shape index (κ1) is 11.7. The molecule has 3 heteroatoms. The van der Waals surface area contributed by atoms with Crippen molar-refractivity contribution in [3.63, 3.8) is 0 Å². The number of hydrogen-bond donors (Lipinski definition) is 2. The fourth-order valence-electron chi connectivity index (χ4n) is 1.44. The lowest BCUT2D eigenvalue weighted by atomic mass is 9.98. The molecule has 0 aromatic heterocycles. The third-order valence-corrected chi connectivity index (χ3v) is 2.43. The van der Waals surface area contributed by atoms with Crippen LogP contribution in [0.3, 0.4) is 0 Å². The number of benzene rings is 1. The van der Waals surface area contributed by atoms with E-state index in [4.69, 9.17) is 5.73 Å². The van der Waals surface area contributed by atoms with Gasteiger partial charge in [0.25, 0.3) is 0 Å². The van der Waals surface area contributed by atoms with Gasteiger partial charge in [-0.25, -0.2) is 0 Å². The van der Waals surface area contributed by atoms with E-state index >= 15 is 0 Å². The Kier molecular flexibility index (Phi) is 4.31. The van der Waals surface area contributed by atoms with Crippen molar-refractivity contribution in [1.82, 2.24) is 5.32 Å². The summed E-state index contributed by atoms with van der Waals surface area (Å²) in [5.41, 5.74) is 8.09. The van der Waals surface area contributed by atoms with E-state index in [0.717, 1.165) is 0 Å². The molecule has 15 heavy (non-hydrogen) atoms. The van der Waals surface area contributed by atoms with Gasteiger partial charge in [0.1, 0.15) is 0 Å². The Balaban J connectivity index is 2.65. The van der Waals surface area contributed by atoms with Crippen molar-refractivity contribution in [2.45, 2.75) is 19.8 Å². The van der Waals surface area contributed by atoms with E-state index in [-0.39, 0.29) is 11.8 Å². The molecule has 0 saturated carbocycles. The number of nitrogens with one attached hydrogen (secondary N) is 1. The highest BCUT2D eigenvalue weighted by atomic mass is 16.1. The average molecular weight is 206 g/mol. The van der Waals surface area contributed by atoms with Gasteiger partial charge in [0.15, 0.2) is 0 Å². The molecule has 3 nitrogen and oxygen atoms in total. The molecule has 0 heterocycles. The van der Waals surface area contributed by atoms with Gasteiger partial charge < -0.3 is 11.1 Å². The van der Waals surface area contributed by atoms with E-state index in [1.807, 2.05) is 0 Å². The second kappa shape index (κ2) is 5.51. The van der Waals surface area contributed by atoms with Crippen LogP contribution in [0.4, 0.5) is 0 Å². The molecule has 0 radical (unpaired) electrons. The monoisotopic (exact) mass is 206 g/mol. The van der Waals surface area contributed by atoms with E-state index in [0.29, 0.717) is 13.1 Å². The predicted octanol–water partition coefficient (Wildman–Crippen LogP) is 1.17. The van der Waals surface area contributed by atoms with Gasteiger partial charge in [0.2, 0.25) is 5.91 Å². The summed E-state index contributed by atoms with van der Waals surface area (Å²) in [5.74, 6) is 0.190. The first-order valence-electron chi connectivity index (χ1n) is 5.14. The lowest BCUT2D eigenvalue weighted by molar-refractivity contribution is -0.119. The summed E-state index contributed by atoms with van der Waals surface area (Å²) >= 11 is 0. The summed E-state index contributed by atoms with van der Waals surface area (Å²) in [7, 11) is 0. The largest absolute Gasteiger partial charge is 0.356 e. The molecule has 0 aliphatic rings. The van der Waals surface area contributed by atoms with Gasteiger partial charge in [0.05, 0.1) is 0 Å². The minimum absolute atomic E-state index is 0.0134. The predicted molar refractivity (Wildman–Crippen MR) is 61.7 cm³/mol. The molecule has 0 fully saturated rings. The smallest absolute Gasteiger partial charge is 0.216 e. The van der Waals surface area contributed by atoms with Gasteiger partial charge in [-0.05, 0) is 12.5 Å². The highest BCUT2D eigenvalue weighted by Gasteiger charge is 2.09. The average Bonchev–Trinajstić information content (AvgIpc) is 2.21. The number of carbonyl (C=O) groups excluding carboxylic acids is 1. The third-order valence-electron chi connectivity index (χ3n) is 2.43. The van der Waals surface area contributed by atoms with E-state index < -0.39 is 0 Å². The molecule has 0 aliphatic heterocycles. The molecular formula is C12H18N2O. The molecule has 1 aromatic carbocycles. The van der Waals surface area contributed by atoms with Crippen molar-refractivity contribution in [3.05, 3.63) is 35.4 Å². The van der Waals surface area contributed by atoms with Crippen LogP contribution in [-0.4, -0.2) is 19.0 Å². The quantitative estimate of drug-likeness (QED) is 0.777.